The van der Waals surface area contributed by atoms with Crippen molar-refractivity contribution < 1.29 is 28.5 Å². The summed E-state index contributed by atoms with van der Waals surface area (Å²) in [6, 6.07) is 30.6. The van der Waals surface area contributed by atoms with Crippen LogP contribution in [0.4, 0.5) is 0 Å². The Hall–Kier alpha value is -4.21. The summed E-state index contributed by atoms with van der Waals surface area (Å²) in [5.74, 6) is 1.95. The van der Waals surface area contributed by atoms with Gasteiger partial charge in [-0.15, -0.1) is 0 Å². The molecule has 8 heteroatoms. The van der Waals surface area contributed by atoms with Gasteiger partial charge in [-0.3, -0.25) is 9.69 Å². The third kappa shape index (κ3) is 10.9. The third-order valence-electron chi connectivity index (χ3n) is 10.4. The highest BCUT2D eigenvalue weighted by molar-refractivity contribution is 5.76. The number of aryl methyl sites for hydroxylation is 1. The van der Waals surface area contributed by atoms with Gasteiger partial charge in [0.15, 0.2) is 0 Å². The summed E-state index contributed by atoms with van der Waals surface area (Å²) >= 11 is 0. The topological polar surface area (TPSA) is 69.7 Å². The van der Waals surface area contributed by atoms with Gasteiger partial charge in [-0.2, -0.15) is 0 Å². The number of benzene rings is 4. The van der Waals surface area contributed by atoms with Gasteiger partial charge in [0.2, 0.25) is 5.91 Å². The molecule has 0 spiro atoms. The molecule has 4 aromatic rings. The van der Waals surface area contributed by atoms with Gasteiger partial charge in [-0.25, -0.2) is 0 Å². The first-order chi connectivity index (χ1) is 26.0. The molecule has 53 heavy (non-hydrogen) atoms. The number of ether oxygens (including phenoxy) is 5. The third-order valence-corrected chi connectivity index (χ3v) is 10.4. The average Bonchev–Trinajstić information content (AvgIpc) is 3.15. The van der Waals surface area contributed by atoms with Crippen molar-refractivity contribution in [3.8, 4) is 11.5 Å². The number of nitrogens with zero attached hydrogens (tertiary/aromatic N) is 2. The molecule has 4 aromatic carbocycles. The van der Waals surface area contributed by atoms with E-state index in [1.165, 1.54) is 33.4 Å². The van der Waals surface area contributed by atoms with E-state index >= 15 is 0 Å². The number of fused-ring (bicyclic) bond motifs is 6. The first-order valence-corrected chi connectivity index (χ1v) is 19.4. The van der Waals surface area contributed by atoms with Crippen LogP contribution < -0.4 is 9.47 Å². The second-order valence-electron chi connectivity index (χ2n) is 14.7. The summed E-state index contributed by atoms with van der Waals surface area (Å²) in [4.78, 5) is 17.9. The maximum Gasteiger partial charge on any atom is 0.225 e. The highest BCUT2D eigenvalue weighted by Crippen LogP contribution is 2.27. The molecule has 1 saturated heterocycles. The van der Waals surface area contributed by atoms with E-state index in [2.05, 4.69) is 96.8 Å². The maximum atomic E-state index is 13.5. The first-order valence-electron chi connectivity index (χ1n) is 19.4. The number of hydrogen-bond acceptors (Lipinski definition) is 7. The molecule has 0 saturated carbocycles. The monoisotopic (exact) mass is 718 g/mol. The van der Waals surface area contributed by atoms with Crippen molar-refractivity contribution >= 4 is 5.91 Å². The molecule has 0 N–H and O–H groups in total. The molecule has 7 rings (SSSR count). The SMILES string of the molecule is Cc1ccc2c(c1)Cc1cccc(c1)CN(Cc1ccc3c(c1)Cc1cccc(c1)CN(C(=O)CC1CCCCO1)CCOCCO3)CCOCCO2. The fourth-order valence-electron chi connectivity index (χ4n) is 7.64. The Balaban J connectivity index is 1.08. The molecule has 1 amide bonds. The van der Waals surface area contributed by atoms with Crippen LogP contribution in [-0.2, 0) is 51.5 Å². The lowest BCUT2D eigenvalue weighted by atomic mass is 9.99. The van der Waals surface area contributed by atoms with Gasteiger partial charge in [0.25, 0.3) is 0 Å². The van der Waals surface area contributed by atoms with E-state index in [1.807, 2.05) is 4.90 Å². The summed E-state index contributed by atoms with van der Waals surface area (Å²) < 4.78 is 30.5. The Morgan fingerprint density at radius 1 is 0.660 bits per heavy atom. The zero-order valence-electron chi connectivity index (χ0n) is 31.2. The van der Waals surface area contributed by atoms with Gasteiger partial charge in [0.1, 0.15) is 24.7 Å². The molecule has 1 unspecified atom stereocenters. The number of rotatable bonds is 4. The Kier molecular flexibility index (Phi) is 13.1. The summed E-state index contributed by atoms with van der Waals surface area (Å²) in [6.45, 7) is 9.46. The van der Waals surface area contributed by atoms with Crippen LogP contribution in [0.2, 0.25) is 0 Å². The van der Waals surface area contributed by atoms with E-state index in [1.54, 1.807) is 0 Å². The molecule has 0 aromatic heterocycles. The van der Waals surface area contributed by atoms with Crippen LogP contribution in [0.3, 0.4) is 0 Å². The molecule has 8 nitrogen and oxygen atoms in total. The lowest BCUT2D eigenvalue weighted by Gasteiger charge is -2.27. The van der Waals surface area contributed by atoms with Gasteiger partial charge < -0.3 is 28.6 Å². The molecular weight excluding hydrogens is 665 g/mol. The maximum absolute atomic E-state index is 13.5. The average molecular weight is 719 g/mol. The van der Waals surface area contributed by atoms with Gasteiger partial charge in [0.05, 0.1) is 39.0 Å². The van der Waals surface area contributed by atoms with E-state index in [4.69, 9.17) is 23.7 Å². The van der Waals surface area contributed by atoms with Gasteiger partial charge in [-0.05, 0) is 77.3 Å². The van der Waals surface area contributed by atoms with E-state index in [-0.39, 0.29) is 12.0 Å². The summed E-state index contributed by atoms with van der Waals surface area (Å²) in [7, 11) is 0. The fraction of sp³-hybridized carbons (Fsp3) is 0.444. The number of carbonyl (C=O) groups is 1. The Morgan fingerprint density at radius 3 is 2.04 bits per heavy atom. The molecule has 0 aliphatic carbocycles. The fourth-order valence-corrected chi connectivity index (χ4v) is 7.64. The molecule has 3 aliphatic rings. The smallest absolute Gasteiger partial charge is 0.225 e. The van der Waals surface area contributed by atoms with E-state index in [0.717, 1.165) is 81.0 Å². The zero-order chi connectivity index (χ0) is 36.2. The molecule has 4 bridgehead atoms. The van der Waals surface area contributed by atoms with Crippen molar-refractivity contribution in [3.63, 3.8) is 0 Å². The summed E-state index contributed by atoms with van der Waals surface area (Å²) in [5, 5.41) is 0. The Morgan fingerprint density at radius 2 is 1.32 bits per heavy atom. The minimum absolute atomic E-state index is 0.0152. The van der Waals surface area contributed by atoms with Crippen LogP contribution in [-0.4, -0.2) is 81.1 Å². The van der Waals surface area contributed by atoms with Crippen LogP contribution in [0.1, 0.15) is 70.2 Å². The van der Waals surface area contributed by atoms with E-state index < -0.39 is 0 Å². The van der Waals surface area contributed by atoms with Crippen molar-refractivity contribution in [2.45, 2.75) is 71.2 Å². The lowest BCUT2D eigenvalue weighted by molar-refractivity contribution is -0.136. The van der Waals surface area contributed by atoms with E-state index in [0.29, 0.717) is 59.2 Å². The molecule has 1 atom stereocenters. The number of hydrogen-bond donors (Lipinski definition) is 0. The predicted molar refractivity (Wildman–Crippen MR) is 206 cm³/mol. The van der Waals surface area contributed by atoms with Crippen LogP contribution in [0.5, 0.6) is 11.5 Å². The molecule has 3 aliphatic heterocycles. The van der Waals surface area contributed by atoms with Crippen molar-refractivity contribution in [1.29, 1.82) is 0 Å². The van der Waals surface area contributed by atoms with Crippen molar-refractivity contribution in [2.75, 3.05) is 59.3 Å². The first kappa shape index (κ1) is 37.1. The minimum Gasteiger partial charge on any atom is -0.491 e. The highest BCUT2D eigenvalue weighted by Gasteiger charge is 2.22. The molecule has 280 valence electrons. The highest BCUT2D eigenvalue weighted by atomic mass is 16.5. The predicted octanol–water partition coefficient (Wildman–Crippen LogP) is 7.28. The van der Waals surface area contributed by atoms with Crippen LogP contribution in [0.15, 0.2) is 84.9 Å². The lowest BCUT2D eigenvalue weighted by Crippen LogP contribution is -2.37. The van der Waals surface area contributed by atoms with Gasteiger partial charge >= 0.3 is 0 Å². The van der Waals surface area contributed by atoms with Gasteiger partial charge in [-0.1, -0.05) is 78.4 Å². The van der Waals surface area contributed by atoms with Crippen molar-refractivity contribution in [3.05, 3.63) is 129 Å². The molecule has 3 heterocycles. The van der Waals surface area contributed by atoms with Gasteiger partial charge in [0, 0.05) is 52.2 Å². The number of amides is 1. The largest absolute Gasteiger partial charge is 0.491 e. The van der Waals surface area contributed by atoms with Crippen LogP contribution in [0.25, 0.3) is 0 Å². The molecule has 1 fully saturated rings. The summed E-state index contributed by atoms with van der Waals surface area (Å²) in [5.41, 5.74) is 9.70. The normalized spacial score (nSPS) is 19.3. The second-order valence-corrected chi connectivity index (χ2v) is 14.7. The second kappa shape index (κ2) is 18.7. The molecule has 0 radical (unpaired) electrons. The molecular formula is C45H54N2O6. The number of carbonyl (C=O) groups excluding carboxylic acids is 1. The summed E-state index contributed by atoms with van der Waals surface area (Å²) in [6.07, 6.45) is 5.15. The standard InChI is InChI=1S/C45H54N2O6/c1-34-11-13-43-40(24-34)27-35-6-4-8-37(25-35)31-46(15-18-49-20-22-52-43)32-39-12-14-44-41(29-39)28-36-7-5-9-38(26-36)33-47(16-19-50-21-23-53-44)45(48)30-42-10-2-3-17-51-42/h4-9,11-14,24-26,29,42H,2-3,10,15-23,27-28,30-33H2,1H3. The zero-order valence-corrected chi connectivity index (χ0v) is 31.2. The van der Waals surface area contributed by atoms with Crippen LogP contribution >= 0.6 is 0 Å². The minimum atomic E-state index is 0.0152. The van der Waals surface area contributed by atoms with Crippen molar-refractivity contribution in [2.24, 2.45) is 0 Å². The Labute approximate surface area is 314 Å². The van der Waals surface area contributed by atoms with E-state index in [9.17, 15) is 4.79 Å². The Bertz CT molecular complexity index is 1800. The quantitative estimate of drug-likeness (QED) is 0.220. The van der Waals surface area contributed by atoms with Crippen LogP contribution in [0, 0.1) is 6.92 Å². The van der Waals surface area contributed by atoms with Crippen molar-refractivity contribution in [1.82, 2.24) is 9.80 Å².